The summed E-state index contributed by atoms with van der Waals surface area (Å²) in [6.07, 6.45) is -0.265. The van der Waals surface area contributed by atoms with Crippen LogP contribution < -0.4 is 19.9 Å². The van der Waals surface area contributed by atoms with Gasteiger partial charge in [0, 0.05) is 32.4 Å². The number of pyridine rings is 2. The van der Waals surface area contributed by atoms with Crippen LogP contribution in [0.1, 0.15) is 23.4 Å². The predicted molar refractivity (Wildman–Crippen MR) is 117 cm³/mol. The van der Waals surface area contributed by atoms with Crippen molar-refractivity contribution in [2.75, 3.05) is 35.3 Å². The van der Waals surface area contributed by atoms with Crippen molar-refractivity contribution in [2.24, 2.45) is 0 Å². The largest absolute Gasteiger partial charge is 0.437 e. The van der Waals surface area contributed by atoms with Gasteiger partial charge in [-0.1, -0.05) is 6.07 Å². The zero-order valence-electron chi connectivity index (χ0n) is 18.1. The van der Waals surface area contributed by atoms with E-state index in [1.807, 2.05) is 11.9 Å². The quantitative estimate of drug-likeness (QED) is 0.605. The Morgan fingerprint density at radius 1 is 1.12 bits per heavy atom. The molecule has 1 N–H and O–H groups in total. The SMILES string of the molecule is CN1CC(=O)N2CCCc3nc(NCc4ccc(Oc5ccc(C(F)(F)F)nc5)nc4)nc1c32. The average Bonchev–Trinajstić information content (AvgIpc) is 2.81. The smallest absolute Gasteiger partial charge is 0.433 e. The van der Waals surface area contributed by atoms with Crippen molar-refractivity contribution in [1.29, 1.82) is 0 Å². The van der Waals surface area contributed by atoms with Crippen molar-refractivity contribution < 1.29 is 22.7 Å². The molecule has 1 amide bonds. The summed E-state index contributed by atoms with van der Waals surface area (Å²) in [7, 11) is 1.84. The van der Waals surface area contributed by atoms with Gasteiger partial charge in [-0.2, -0.15) is 18.2 Å². The van der Waals surface area contributed by atoms with Gasteiger partial charge < -0.3 is 19.9 Å². The Labute approximate surface area is 192 Å². The maximum Gasteiger partial charge on any atom is 0.433 e. The molecule has 0 bridgehead atoms. The van der Waals surface area contributed by atoms with Crippen molar-refractivity contribution in [3.63, 3.8) is 0 Å². The first-order valence-corrected chi connectivity index (χ1v) is 10.6. The fourth-order valence-electron chi connectivity index (χ4n) is 3.90. The molecule has 34 heavy (non-hydrogen) atoms. The normalized spacial score (nSPS) is 15.2. The molecule has 2 aliphatic rings. The predicted octanol–water partition coefficient (Wildman–Crippen LogP) is 3.42. The highest BCUT2D eigenvalue weighted by molar-refractivity contribution is 6.03. The first-order valence-electron chi connectivity index (χ1n) is 10.6. The number of anilines is 3. The van der Waals surface area contributed by atoms with Crippen molar-refractivity contribution in [3.8, 4) is 11.6 Å². The lowest BCUT2D eigenvalue weighted by atomic mass is 10.1. The third-order valence-corrected chi connectivity index (χ3v) is 5.54. The van der Waals surface area contributed by atoms with Gasteiger partial charge in [0.15, 0.2) is 5.82 Å². The van der Waals surface area contributed by atoms with Crippen LogP contribution in [0, 0.1) is 0 Å². The highest BCUT2D eigenvalue weighted by Gasteiger charge is 2.34. The molecule has 0 unspecified atom stereocenters. The van der Waals surface area contributed by atoms with Gasteiger partial charge in [0.1, 0.15) is 17.1 Å². The van der Waals surface area contributed by atoms with Gasteiger partial charge in [-0.05, 0) is 30.5 Å². The molecule has 0 aliphatic carbocycles. The molecule has 0 spiro atoms. The van der Waals surface area contributed by atoms with Crippen LogP contribution in [-0.4, -0.2) is 46.0 Å². The van der Waals surface area contributed by atoms with Crippen LogP contribution in [0.4, 0.5) is 30.6 Å². The first-order chi connectivity index (χ1) is 16.3. The molecule has 5 rings (SSSR count). The van der Waals surface area contributed by atoms with Crippen molar-refractivity contribution >= 4 is 23.4 Å². The number of likely N-dealkylation sites (N-methyl/N-ethyl adjacent to an activating group) is 1. The third-order valence-electron chi connectivity index (χ3n) is 5.54. The van der Waals surface area contributed by atoms with Crippen LogP contribution in [0.5, 0.6) is 11.6 Å². The molecule has 0 saturated carbocycles. The lowest BCUT2D eigenvalue weighted by Gasteiger charge is -2.38. The van der Waals surface area contributed by atoms with E-state index in [-0.39, 0.29) is 24.1 Å². The van der Waals surface area contributed by atoms with Crippen LogP contribution >= 0.6 is 0 Å². The standard InChI is InChI=1S/C22H20F3N7O2/c1-31-12-18(33)32-8-2-3-15-19(32)20(31)30-21(29-15)28-10-13-4-7-17(27-9-13)34-14-5-6-16(26-11-14)22(23,24)25/h4-7,9,11H,2-3,8,10,12H2,1H3,(H,28,29,30). The fourth-order valence-corrected chi connectivity index (χ4v) is 3.90. The van der Waals surface area contributed by atoms with E-state index in [4.69, 9.17) is 4.74 Å². The number of aryl methyl sites for hydroxylation is 1. The number of carbonyl (C=O) groups excluding carboxylic acids is 1. The molecule has 3 aromatic heterocycles. The summed E-state index contributed by atoms with van der Waals surface area (Å²) in [4.78, 5) is 32.7. The molecule has 3 aromatic rings. The Hall–Kier alpha value is -3.96. The number of aromatic nitrogens is 4. The summed E-state index contributed by atoms with van der Waals surface area (Å²) in [5.41, 5.74) is 1.50. The van der Waals surface area contributed by atoms with E-state index in [0.29, 0.717) is 19.0 Å². The van der Waals surface area contributed by atoms with E-state index in [1.165, 1.54) is 6.07 Å². The summed E-state index contributed by atoms with van der Waals surface area (Å²) >= 11 is 0. The Morgan fingerprint density at radius 2 is 1.97 bits per heavy atom. The topological polar surface area (TPSA) is 96.4 Å². The van der Waals surface area contributed by atoms with Crippen molar-refractivity contribution in [2.45, 2.75) is 25.6 Å². The number of nitrogens with zero attached hydrogens (tertiary/aromatic N) is 6. The van der Waals surface area contributed by atoms with Gasteiger partial charge in [0.05, 0.1) is 18.4 Å². The fraction of sp³-hybridized carbons (Fsp3) is 0.318. The number of ether oxygens (including phenoxy) is 1. The Bertz CT molecular complexity index is 1220. The van der Waals surface area contributed by atoms with Gasteiger partial charge in [-0.25, -0.2) is 15.0 Å². The number of halogens is 3. The second-order valence-corrected chi connectivity index (χ2v) is 8.01. The number of alkyl halides is 3. The number of nitrogens with one attached hydrogen (secondary N) is 1. The van der Waals surface area contributed by atoms with Gasteiger partial charge in [0.25, 0.3) is 0 Å². The van der Waals surface area contributed by atoms with Crippen LogP contribution in [0.2, 0.25) is 0 Å². The second kappa shape index (κ2) is 8.43. The molecule has 5 heterocycles. The minimum Gasteiger partial charge on any atom is -0.437 e. The maximum absolute atomic E-state index is 12.6. The lowest BCUT2D eigenvalue weighted by Crippen LogP contribution is -2.47. The summed E-state index contributed by atoms with van der Waals surface area (Å²) < 4.78 is 43.3. The molecule has 0 radical (unpaired) electrons. The zero-order valence-corrected chi connectivity index (χ0v) is 18.1. The van der Waals surface area contributed by atoms with E-state index >= 15 is 0 Å². The second-order valence-electron chi connectivity index (χ2n) is 8.01. The number of hydrogen-bond donors (Lipinski definition) is 1. The first kappa shape index (κ1) is 21.9. The van der Waals surface area contributed by atoms with Crippen molar-refractivity contribution in [3.05, 3.63) is 53.6 Å². The molecular formula is C22H20F3N7O2. The van der Waals surface area contributed by atoms with Crippen LogP contribution in [-0.2, 0) is 23.9 Å². The summed E-state index contributed by atoms with van der Waals surface area (Å²) in [5, 5.41) is 3.20. The number of hydrogen-bond acceptors (Lipinski definition) is 8. The zero-order chi connectivity index (χ0) is 23.9. The van der Waals surface area contributed by atoms with E-state index in [9.17, 15) is 18.0 Å². The monoisotopic (exact) mass is 471 g/mol. The summed E-state index contributed by atoms with van der Waals surface area (Å²) in [6.45, 7) is 1.37. The molecule has 2 aliphatic heterocycles. The van der Waals surface area contributed by atoms with Gasteiger partial charge >= 0.3 is 6.18 Å². The minimum absolute atomic E-state index is 0.0562. The maximum atomic E-state index is 12.6. The van der Waals surface area contributed by atoms with Gasteiger partial charge in [-0.15, -0.1) is 0 Å². The summed E-state index contributed by atoms with van der Waals surface area (Å²) in [5.74, 6) is 1.64. The summed E-state index contributed by atoms with van der Waals surface area (Å²) in [6, 6.07) is 5.44. The molecule has 0 aromatic carbocycles. The minimum atomic E-state index is -4.50. The Kier molecular flexibility index (Phi) is 5.42. The van der Waals surface area contributed by atoms with Crippen molar-refractivity contribution in [1.82, 2.24) is 19.9 Å². The molecule has 0 fully saturated rings. The molecule has 9 nitrogen and oxygen atoms in total. The number of rotatable bonds is 5. The number of amides is 1. The average molecular weight is 471 g/mol. The van der Waals surface area contributed by atoms with E-state index in [0.717, 1.165) is 47.9 Å². The van der Waals surface area contributed by atoms with E-state index in [1.54, 1.807) is 23.2 Å². The highest BCUT2D eigenvalue weighted by Crippen LogP contribution is 2.38. The van der Waals surface area contributed by atoms with E-state index < -0.39 is 11.9 Å². The van der Waals surface area contributed by atoms with E-state index in [2.05, 4.69) is 25.3 Å². The molecule has 12 heteroatoms. The Morgan fingerprint density at radius 3 is 2.68 bits per heavy atom. The third kappa shape index (κ3) is 4.30. The van der Waals surface area contributed by atoms with Gasteiger partial charge in [-0.3, -0.25) is 4.79 Å². The Balaban J connectivity index is 1.25. The molecular weight excluding hydrogens is 451 g/mol. The van der Waals surface area contributed by atoms with Crippen LogP contribution in [0.15, 0.2) is 36.7 Å². The highest BCUT2D eigenvalue weighted by atomic mass is 19.4. The van der Waals surface area contributed by atoms with Crippen LogP contribution in [0.25, 0.3) is 0 Å². The van der Waals surface area contributed by atoms with Crippen LogP contribution in [0.3, 0.4) is 0 Å². The molecule has 176 valence electrons. The molecule has 0 saturated heterocycles. The molecule has 0 atom stereocenters. The lowest BCUT2D eigenvalue weighted by molar-refractivity contribution is -0.141. The van der Waals surface area contributed by atoms with Gasteiger partial charge in [0.2, 0.25) is 17.7 Å². The number of carbonyl (C=O) groups is 1.